The van der Waals surface area contributed by atoms with Gasteiger partial charge in [-0.05, 0) is 59.1 Å². The zero-order chi connectivity index (χ0) is 28.0. The normalized spacial score (nSPS) is 12.1. The molecule has 0 atom stereocenters. The molecule has 198 valence electrons. The van der Waals surface area contributed by atoms with Gasteiger partial charge in [0.25, 0.3) is 0 Å². The van der Waals surface area contributed by atoms with E-state index in [0.29, 0.717) is 16.5 Å². The van der Waals surface area contributed by atoms with Crippen molar-refractivity contribution in [2.45, 2.75) is 72.6 Å². The molecule has 0 aliphatic rings. The lowest BCUT2D eigenvalue weighted by Crippen LogP contribution is -2.20. The fraction of sp³-hybridized carbons (Fsp3) is 0.333. The highest BCUT2D eigenvalue weighted by molar-refractivity contribution is 6.34. The van der Waals surface area contributed by atoms with Crippen LogP contribution in [0, 0.1) is 13.8 Å². The number of hydrogen-bond donors (Lipinski definition) is 2. The fourth-order valence-electron chi connectivity index (χ4n) is 5.03. The van der Waals surface area contributed by atoms with E-state index in [0.717, 1.165) is 49.8 Å². The molecule has 4 nitrogen and oxygen atoms in total. The average Bonchev–Trinajstić information content (AvgIpc) is 2.79. The van der Waals surface area contributed by atoms with E-state index in [4.69, 9.17) is 16.6 Å². The lowest BCUT2D eigenvalue weighted by Gasteiger charge is -2.28. The minimum absolute atomic E-state index is 0.158. The molecule has 1 heterocycles. The number of anilines is 1. The first-order valence-electron chi connectivity index (χ1n) is 13.0. The van der Waals surface area contributed by atoms with Crippen LogP contribution in [0.15, 0.2) is 54.7 Å². The van der Waals surface area contributed by atoms with E-state index in [-0.39, 0.29) is 23.2 Å². The summed E-state index contributed by atoms with van der Waals surface area (Å²) in [5, 5.41) is 15.7. The predicted octanol–water partition coefficient (Wildman–Crippen LogP) is 8.65. The van der Waals surface area contributed by atoms with Crippen LogP contribution in [0.25, 0.3) is 22.0 Å². The Labute approximate surface area is 231 Å². The number of halogens is 1. The Morgan fingerprint density at radius 1 is 0.947 bits per heavy atom. The summed E-state index contributed by atoms with van der Waals surface area (Å²) in [7, 11) is 0. The summed E-state index contributed by atoms with van der Waals surface area (Å²) in [6.45, 7) is 16.5. The number of fused-ring (bicyclic) bond motifs is 1. The second-order valence-corrected chi connectivity index (χ2v) is 12.7. The first-order chi connectivity index (χ1) is 17.7. The van der Waals surface area contributed by atoms with Gasteiger partial charge < -0.3 is 10.4 Å². The number of aromatic nitrogens is 1. The highest BCUT2D eigenvalue weighted by Crippen LogP contribution is 2.41. The Hall–Kier alpha value is -3.37. The van der Waals surface area contributed by atoms with Gasteiger partial charge >= 0.3 is 0 Å². The third-order valence-electron chi connectivity index (χ3n) is 6.87. The number of nitrogens with one attached hydrogen (secondary N) is 1. The summed E-state index contributed by atoms with van der Waals surface area (Å²) in [5.41, 5.74) is 7.37. The number of aromatic hydroxyl groups is 1. The Kier molecular flexibility index (Phi) is 7.33. The summed E-state index contributed by atoms with van der Waals surface area (Å²) in [5.74, 6) is 0.147. The number of pyridine rings is 1. The van der Waals surface area contributed by atoms with Crippen LogP contribution in [0.2, 0.25) is 5.02 Å². The smallest absolute Gasteiger partial charge is 0.228 e. The number of carbonyl (C=O) groups is 1. The second kappa shape index (κ2) is 10.1. The van der Waals surface area contributed by atoms with Crippen LogP contribution >= 0.6 is 11.6 Å². The number of rotatable bonds is 4. The number of benzene rings is 3. The number of aryl methyl sites for hydroxylation is 2. The summed E-state index contributed by atoms with van der Waals surface area (Å²) < 4.78 is 0. The second-order valence-electron chi connectivity index (χ2n) is 12.3. The SMILES string of the molecule is Cc1cc(C)c2ncc(NC(=O)Cc3cc(C(C)(C)C)c(O)c(C(C)(C)C)c3)c(-c3ccccc3Cl)c2c1. The largest absolute Gasteiger partial charge is 0.507 e. The molecule has 4 rings (SSSR count). The molecular weight excluding hydrogens is 492 g/mol. The molecule has 0 fully saturated rings. The van der Waals surface area contributed by atoms with E-state index < -0.39 is 0 Å². The van der Waals surface area contributed by atoms with Crippen molar-refractivity contribution in [1.82, 2.24) is 4.98 Å². The summed E-state index contributed by atoms with van der Waals surface area (Å²) in [6.07, 6.45) is 1.89. The van der Waals surface area contributed by atoms with Crippen LogP contribution in [0.1, 0.15) is 69.4 Å². The molecule has 0 saturated heterocycles. The Morgan fingerprint density at radius 3 is 2.13 bits per heavy atom. The van der Waals surface area contributed by atoms with Crippen molar-refractivity contribution in [2.75, 3.05) is 5.32 Å². The maximum absolute atomic E-state index is 13.5. The minimum atomic E-state index is -0.272. The van der Waals surface area contributed by atoms with Crippen molar-refractivity contribution in [3.05, 3.63) is 87.6 Å². The van der Waals surface area contributed by atoms with Crippen LogP contribution in [0.4, 0.5) is 5.69 Å². The maximum Gasteiger partial charge on any atom is 0.228 e. The minimum Gasteiger partial charge on any atom is -0.507 e. The van der Waals surface area contributed by atoms with E-state index in [1.807, 2.05) is 43.3 Å². The number of hydrogen-bond acceptors (Lipinski definition) is 3. The third-order valence-corrected chi connectivity index (χ3v) is 7.20. The zero-order valence-corrected chi connectivity index (χ0v) is 24.3. The van der Waals surface area contributed by atoms with Crippen LogP contribution in [0.3, 0.4) is 0 Å². The lowest BCUT2D eigenvalue weighted by atomic mass is 9.78. The van der Waals surface area contributed by atoms with E-state index in [1.54, 1.807) is 6.20 Å². The molecule has 1 amide bonds. The van der Waals surface area contributed by atoms with Crippen LogP contribution < -0.4 is 5.32 Å². The van der Waals surface area contributed by atoms with E-state index in [2.05, 4.69) is 65.9 Å². The summed E-state index contributed by atoms with van der Waals surface area (Å²) >= 11 is 6.66. The van der Waals surface area contributed by atoms with E-state index in [9.17, 15) is 9.90 Å². The van der Waals surface area contributed by atoms with Crippen molar-refractivity contribution < 1.29 is 9.90 Å². The predicted molar refractivity (Wildman–Crippen MR) is 160 cm³/mol. The van der Waals surface area contributed by atoms with E-state index >= 15 is 0 Å². The molecule has 0 spiro atoms. The molecule has 38 heavy (non-hydrogen) atoms. The molecule has 5 heteroatoms. The molecule has 2 N–H and O–H groups in total. The van der Waals surface area contributed by atoms with Gasteiger partial charge in [0, 0.05) is 21.5 Å². The van der Waals surface area contributed by atoms with E-state index in [1.165, 1.54) is 0 Å². The third kappa shape index (κ3) is 5.56. The Bertz CT molecular complexity index is 1510. The highest BCUT2D eigenvalue weighted by Gasteiger charge is 2.27. The van der Waals surface area contributed by atoms with Crippen molar-refractivity contribution in [3.63, 3.8) is 0 Å². The molecule has 0 aliphatic heterocycles. The van der Waals surface area contributed by atoms with Gasteiger partial charge in [0.15, 0.2) is 0 Å². The van der Waals surface area contributed by atoms with Gasteiger partial charge in [-0.25, -0.2) is 0 Å². The number of carbonyl (C=O) groups excluding carboxylic acids is 1. The lowest BCUT2D eigenvalue weighted by molar-refractivity contribution is -0.115. The van der Waals surface area contributed by atoms with Gasteiger partial charge in [0.1, 0.15) is 5.75 Å². The number of amides is 1. The van der Waals surface area contributed by atoms with Gasteiger partial charge in [-0.15, -0.1) is 0 Å². The molecule has 4 aromatic rings. The standard InChI is InChI=1S/C33H37ClN2O2/c1-19-13-20(2)30-23(14-19)29(22-11-9-10-12-26(22)34)27(18-35-30)36-28(37)17-21-15-24(32(3,4)5)31(38)25(16-21)33(6,7)8/h9-16,18,38H,17H2,1-8H3,(H,36,37). The first kappa shape index (κ1) is 27.7. The fourth-order valence-corrected chi connectivity index (χ4v) is 5.26. The van der Waals surface area contributed by atoms with Gasteiger partial charge in [-0.3, -0.25) is 9.78 Å². The molecule has 3 aromatic carbocycles. The van der Waals surface area contributed by atoms with Crippen LogP contribution in [-0.2, 0) is 22.0 Å². The zero-order valence-electron chi connectivity index (χ0n) is 23.6. The van der Waals surface area contributed by atoms with Crippen LogP contribution in [0.5, 0.6) is 5.75 Å². The summed E-state index contributed by atoms with van der Waals surface area (Å²) in [6, 6.07) is 15.8. The van der Waals surface area contributed by atoms with Crippen molar-refractivity contribution in [2.24, 2.45) is 0 Å². The van der Waals surface area contributed by atoms with Crippen LogP contribution in [-0.4, -0.2) is 16.0 Å². The molecule has 0 saturated carbocycles. The summed E-state index contributed by atoms with van der Waals surface area (Å²) in [4.78, 5) is 18.2. The quantitative estimate of drug-likeness (QED) is 0.278. The maximum atomic E-state index is 13.5. The molecule has 0 bridgehead atoms. The molecule has 1 aromatic heterocycles. The first-order valence-corrected chi connectivity index (χ1v) is 13.4. The van der Waals surface area contributed by atoms with Crippen molar-refractivity contribution >= 4 is 34.1 Å². The average molecular weight is 529 g/mol. The molecule has 0 unspecified atom stereocenters. The Morgan fingerprint density at radius 2 is 1.55 bits per heavy atom. The van der Waals surface area contributed by atoms with Gasteiger partial charge in [0.2, 0.25) is 5.91 Å². The molecule has 0 aliphatic carbocycles. The topological polar surface area (TPSA) is 62.2 Å². The Balaban J connectivity index is 1.80. The van der Waals surface area contributed by atoms with Gasteiger partial charge in [0.05, 0.1) is 23.8 Å². The number of phenols is 1. The number of phenolic OH excluding ortho intramolecular Hbond substituents is 1. The monoisotopic (exact) mass is 528 g/mol. The molecular formula is C33H37ClN2O2. The molecule has 0 radical (unpaired) electrons. The number of nitrogens with zero attached hydrogens (tertiary/aromatic N) is 1. The van der Waals surface area contributed by atoms with Crippen molar-refractivity contribution in [3.8, 4) is 16.9 Å². The highest BCUT2D eigenvalue weighted by atomic mass is 35.5. The van der Waals surface area contributed by atoms with Gasteiger partial charge in [-0.1, -0.05) is 95.1 Å². The van der Waals surface area contributed by atoms with Crippen molar-refractivity contribution in [1.29, 1.82) is 0 Å². The van der Waals surface area contributed by atoms with Gasteiger partial charge in [-0.2, -0.15) is 0 Å².